The fourth-order valence-electron chi connectivity index (χ4n) is 6.18. The fourth-order valence-corrected chi connectivity index (χ4v) is 6.18. The van der Waals surface area contributed by atoms with Crippen molar-refractivity contribution in [3.05, 3.63) is 127 Å². The molecule has 0 saturated carbocycles. The maximum absolute atomic E-state index is 14.3. The van der Waals surface area contributed by atoms with Crippen LogP contribution in [0.5, 0.6) is 0 Å². The number of benzene rings is 4. The average molecular weight is 561 g/mol. The molecule has 2 heterocycles. The van der Waals surface area contributed by atoms with Crippen LogP contribution in [-0.2, 0) is 11.3 Å². The van der Waals surface area contributed by atoms with Crippen LogP contribution in [0.2, 0.25) is 0 Å². The molecule has 2 saturated heterocycles. The van der Waals surface area contributed by atoms with E-state index in [-0.39, 0.29) is 18.6 Å². The summed E-state index contributed by atoms with van der Waals surface area (Å²) in [7, 11) is 0. The highest BCUT2D eigenvalue weighted by Gasteiger charge is 2.54. The second kappa shape index (κ2) is 11.8. The number of piperazine rings is 1. The van der Waals surface area contributed by atoms with Crippen LogP contribution >= 0.6 is 0 Å². The van der Waals surface area contributed by atoms with Crippen molar-refractivity contribution >= 4 is 35.1 Å². The molecule has 4 aromatic carbocycles. The summed E-state index contributed by atoms with van der Waals surface area (Å²) >= 11 is 0. The molecule has 0 radical (unpaired) electrons. The molecule has 2 aliphatic heterocycles. The molecule has 3 atom stereocenters. The van der Waals surface area contributed by atoms with E-state index in [0.717, 1.165) is 11.3 Å². The lowest BCUT2D eigenvalue weighted by Crippen LogP contribution is -2.67. The number of nitrogens with zero attached hydrogens (tertiary/aromatic N) is 4. The van der Waals surface area contributed by atoms with Crippen LogP contribution in [0.3, 0.4) is 0 Å². The van der Waals surface area contributed by atoms with E-state index in [1.807, 2.05) is 121 Å². The quantitative estimate of drug-likeness (QED) is 0.297. The van der Waals surface area contributed by atoms with Crippen molar-refractivity contribution < 1.29 is 19.5 Å². The molecule has 4 amide bonds. The summed E-state index contributed by atoms with van der Waals surface area (Å²) in [6.07, 6.45) is 1.12. The third kappa shape index (κ3) is 5.19. The SMILES string of the molecule is O=C(O)[C@@H]1[C@H]2CCC(CN1C(=O)N(c1ccccc1)c1ccccc1)N2C(=O)N(Cc1ccccc1)c1ccccc1. The summed E-state index contributed by atoms with van der Waals surface area (Å²) in [5.74, 6) is -1.12. The Morgan fingerprint density at radius 1 is 0.667 bits per heavy atom. The van der Waals surface area contributed by atoms with Gasteiger partial charge < -0.3 is 14.9 Å². The highest BCUT2D eigenvalue weighted by atomic mass is 16.4. The molecule has 0 aliphatic carbocycles. The molecule has 0 aromatic heterocycles. The van der Waals surface area contributed by atoms with E-state index >= 15 is 0 Å². The minimum atomic E-state index is -1.19. The van der Waals surface area contributed by atoms with Crippen LogP contribution in [0, 0.1) is 0 Å². The molecule has 2 bridgehead atoms. The predicted molar refractivity (Wildman–Crippen MR) is 162 cm³/mol. The first kappa shape index (κ1) is 27.1. The van der Waals surface area contributed by atoms with Gasteiger partial charge in [0.25, 0.3) is 0 Å². The van der Waals surface area contributed by atoms with Gasteiger partial charge in [0.15, 0.2) is 6.04 Å². The Morgan fingerprint density at radius 2 is 1.17 bits per heavy atom. The van der Waals surface area contributed by atoms with Gasteiger partial charge >= 0.3 is 18.0 Å². The summed E-state index contributed by atoms with van der Waals surface area (Å²) in [5, 5.41) is 10.5. The summed E-state index contributed by atoms with van der Waals surface area (Å²) in [5.41, 5.74) is 2.98. The minimum absolute atomic E-state index is 0.127. The standard InChI is InChI=1S/C34H32N4O4/c39-32(40)31-30-22-21-29(24-36(31)34(42)37(27-17-9-3-10-18-27)28-19-11-4-12-20-28)38(30)33(41)35(26-15-7-2-8-16-26)23-25-13-5-1-6-14-25/h1-20,29-31H,21-24H2,(H,39,40)/t29?,30-,31+/m1/s1. The van der Waals surface area contributed by atoms with Gasteiger partial charge in [0, 0.05) is 12.2 Å². The van der Waals surface area contributed by atoms with E-state index in [4.69, 9.17) is 0 Å². The molecule has 1 unspecified atom stereocenters. The number of fused-ring (bicyclic) bond motifs is 2. The summed E-state index contributed by atoms with van der Waals surface area (Å²) < 4.78 is 0. The third-order valence-corrected chi connectivity index (χ3v) is 8.08. The number of carboxylic acids is 1. The van der Waals surface area contributed by atoms with E-state index in [1.165, 1.54) is 4.90 Å². The lowest BCUT2D eigenvalue weighted by Gasteiger charge is -2.47. The Kier molecular flexibility index (Phi) is 7.60. The molecule has 8 heteroatoms. The van der Waals surface area contributed by atoms with Gasteiger partial charge in [0.1, 0.15) is 0 Å². The van der Waals surface area contributed by atoms with E-state index in [2.05, 4.69) is 0 Å². The Labute approximate surface area is 245 Å². The molecule has 0 spiro atoms. The van der Waals surface area contributed by atoms with E-state index in [0.29, 0.717) is 30.8 Å². The minimum Gasteiger partial charge on any atom is -0.480 e. The molecule has 4 aromatic rings. The zero-order valence-electron chi connectivity index (χ0n) is 23.1. The number of amides is 4. The van der Waals surface area contributed by atoms with Crippen molar-refractivity contribution in [2.24, 2.45) is 0 Å². The molecule has 42 heavy (non-hydrogen) atoms. The second-order valence-corrected chi connectivity index (χ2v) is 10.6. The average Bonchev–Trinajstić information content (AvgIpc) is 3.33. The lowest BCUT2D eigenvalue weighted by molar-refractivity contribution is -0.145. The lowest BCUT2D eigenvalue weighted by atomic mass is 10.0. The van der Waals surface area contributed by atoms with Crippen molar-refractivity contribution in [2.45, 2.75) is 37.5 Å². The van der Waals surface area contributed by atoms with Crippen molar-refractivity contribution in [2.75, 3.05) is 16.3 Å². The van der Waals surface area contributed by atoms with Gasteiger partial charge in [-0.2, -0.15) is 0 Å². The number of carbonyl (C=O) groups excluding carboxylic acids is 2. The van der Waals surface area contributed by atoms with E-state index < -0.39 is 24.1 Å². The van der Waals surface area contributed by atoms with E-state index in [1.54, 1.807) is 14.7 Å². The maximum atomic E-state index is 14.3. The summed E-state index contributed by atoms with van der Waals surface area (Å²) in [4.78, 5) is 47.9. The van der Waals surface area contributed by atoms with Crippen LogP contribution in [0.4, 0.5) is 26.7 Å². The Morgan fingerprint density at radius 3 is 1.69 bits per heavy atom. The number of hydrogen-bond acceptors (Lipinski definition) is 3. The Bertz CT molecular complexity index is 1500. The van der Waals surface area contributed by atoms with Gasteiger partial charge in [0.05, 0.1) is 30.0 Å². The number of carboxylic acid groups (broad SMARTS) is 1. The van der Waals surface area contributed by atoms with E-state index in [9.17, 15) is 19.5 Å². The first-order chi connectivity index (χ1) is 20.5. The molecular weight excluding hydrogens is 528 g/mol. The molecular formula is C34H32N4O4. The zero-order valence-corrected chi connectivity index (χ0v) is 23.1. The van der Waals surface area contributed by atoms with Gasteiger partial charge in [-0.1, -0.05) is 84.9 Å². The maximum Gasteiger partial charge on any atom is 0.329 e. The molecule has 6 rings (SSSR count). The first-order valence-electron chi connectivity index (χ1n) is 14.2. The van der Waals surface area contributed by atoms with Crippen molar-refractivity contribution in [1.82, 2.24) is 9.80 Å². The van der Waals surface area contributed by atoms with Gasteiger partial charge in [-0.3, -0.25) is 9.80 Å². The predicted octanol–water partition coefficient (Wildman–Crippen LogP) is 6.37. The molecule has 2 fully saturated rings. The van der Waals surface area contributed by atoms with Gasteiger partial charge in [-0.25, -0.2) is 14.4 Å². The summed E-state index contributed by atoms with van der Waals surface area (Å²) in [6.45, 7) is 0.470. The number of urea groups is 2. The number of hydrogen-bond donors (Lipinski definition) is 1. The van der Waals surface area contributed by atoms with Crippen molar-refractivity contribution in [3.8, 4) is 0 Å². The summed E-state index contributed by atoms with van der Waals surface area (Å²) in [6, 6.07) is 34.8. The topological polar surface area (TPSA) is 84.4 Å². The van der Waals surface area contributed by atoms with Crippen LogP contribution < -0.4 is 9.80 Å². The van der Waals surface area contributed by atoms with Crippen LogP contribution in [0.25, 0.3) is 0 Å². The first-order valence-corrected chi connectivity index (χ1v) is 14.2. The molecule has 212 valence electrons. The van der Waals surface area contributed by atoms with Crippen molar-refractivity contribution in [3.63, 3.8) is 0 Å². The Balaban J connectivity index is 1.34. The monoisotopic (exact) mass is 560 g/mol. The number of para-hydroxylation sites is 3. The van der Waals surface area contributed by atoms with Gasteiger partial charge in [-0.15, -0.1) is 0 Å². The number of carbonyl (C=O) groups is 3. The zero-order chi connectivity index (χ0) is 29.1. The smallest absolute Gasteiger partial charge is 0.329 e. The molecule has 1 N–H and O–H groups in total. The third-order valence-electron chi connectivity index (χ3n) is 8.08. The number of aliphatic carboxylic acids is 1. The molecule has 8 nitrogen and oxygen atoms in total. The number of rotatable bonds is 6. The number of likely N-dealkylation sites (tertiary alicyclic amines) is 1. The van der Waals surface area contributed by atoms with Gasteiger partial charge in [-0.05, 0) is 54.8 Å². The van der Waals surface area contributed by atoms with Crippen LogP contribution in [0.1, 0.15) is 18.4 Å². The number of anilines is 3. The van der Waals surface area contributed by atoms with Crippen molar-refractivity contribution in [1.29, 1.82) is 0 Å². The Hall–Kier alpha value is -5.11. The highest BCUT2D eigenvalue weighted by Crippen LogP contribution is 2.38. The normalized spacial score (nSPS) is 19.3. The molecule has 2 aliphatic rings. The van der Waals surface area contributed by atoms with Crippen LogP contribution in [-0.4, -0.2) is 57.6 Å². The van der Waals surface area contributed by atoms with Crippen LogP contribution in [0.15, 0.2) is 121 Å². The highest BCUT2D eigenvalue weighted by molar-refractivity contribution is 6.02. The van der Waals surface area contributed by atoms with Gasteiger partial charge in [0.2, 0.25) is 0 Å². The largest absolute Gasteiger partial charge is 0.480 e. The second-order valence-electron chi connectivity index (χ2n) is 10.6. The fraction of sp³-hybridized carbons (Fsp3) is 0.206.